The molecular formula is C17H25N3O2. The van der Waals surface area contributed by atoms with Crippen molar-refractivity contribution in [2.45, 2.75) is 32.9 Å². The summed E-state index contributed by atoms with van der Waals surface area (Å²) in [5.74, 6) is 0.787. The van der Waals surface area contributed by atoms with Crippen LogP contribution in [0.3, 0.4) is 0 Å². The molecule has 0 amide bonds. The minimum absolute atomic E-state index is 0.141. The number of aliphatic hydroxyl groups is 1. The third-order valence-corrected chi connectivity index (χ3v) is 3.83. The largest absolute Gasteiger partial charge is 0.491 e. The van der Waals surface area contributed by atoms with Gasteiger partial charge in [-0.1, -0.05) is 12.1 Å². The lowest BCUT2D eigenvalue weighted by Crippen LogP contribution is -2.33. The monoisotopic (exact) mass is 303 g/mol. The summed E-state index contributed by atoms with van der Waals surface area (Å²) in [6.45, 7) is 6.87. The number of aryl methyl sites for hydroxylation is 2. The van der Waals surface area contributed by atoms with Gasteiger partial charge in [-0.25, -0.2) is 0 Å². The summed E-state index contributed by atoms with van der Waals surface area (Å²) in [4.78, 5) is 0. The van der Waals surface area contributed by atoms with E-state index >= 15 is 0 Å². The first-order valence-electron chi connectivity index (χ1n) is 7.56. The van der Waals surface area contributed by atoms with E-state index in [9.17, 15) is 5.11 Å². The van der Waals surface area contributed by atoms with E-state index in [-0.39, 0.29) is 12.6 Å². The number of benzene rings is 1. The van der Waals surface area contributed by atoms with Crippen LogP contribution in [0.15, 0.2) is 30.5 Å². The molecule has 0 aliphatic rings. The van der Waals surface area contributed by atoms with Gasteiger partial charge in [0.2, 0.25) is 0 Å². The van der Waals surface area contributed by atoms with Gasteiger partial charge in [-0.2, -0.15) is 5.10 Å². The fraction of sp³-hybridized carbons (Fsp3) is 0.471. The summed E-state index contributed by atoms with van der Waals surface area (Å²) < 4.78 is 7.46. The Balaban J connectivity index is 1.78. The van der Waals surface area contributed by atoms with Crippen LogP contribution in [0.25, 0.3) is 0 Å². The van der Waals surface area contributed by atoms with Crippen molar-refractivity contribution in [2.24, 2.45) is 7.05 Å². The molecule has 0 fully saturated rings. The van der Waals surface area contributed by atoms with Crippen molar-refractivity contribution in [3.63, 3.8) is 0 Å². The molecule has 2 atom stereocenters. The first kappa shape index (κ1) is 16.5. The van der Waals surface area contributed by atoms with E-state index in [1.807, 2.05) is 56.0 Å². The molecule has 0 spiro atoms. The van der Waals surface area contributed by atoms with E-state index in [4.69, 9.17) is 4.74 Å². The molecule has 22 heavy (non-hydrogen) atoms. The van der Waals surface area contributed by atoms with Crippen molar-refractivity contribution >= 4 is 0 Å². The van der Waals surface area contributed by atoms with E-state index in [0.29, 0.717) is 6.54 Å². The quantitative estimate of drug-likeness (QED) is 0.822. The van der Waals surface area contributed by atoms with Crippen LogP contribution in [0.4, 0.5) is 0 Å². The number of ether oxygens (including phenoxy) is 1. The SMILES string of the molecule is Cc1cccc(OCC(O)CNC(C)c2cnn(C)c2C)c1. The van der Waals surface area contributed by atoms with Gasteiger partial charge in [0, 0.05) is 30.9 Å². The molecule has 120 valence electrons. The van der Waals surface area contributed by atoms with E-state index in [0.717, 1.165) is 22.6 Å². The molecule has 0 saturated heterocycles. The van der Waals surface area contributed by atoms with Gasteiger partial charge >= 0.3 is 0 Å². The van der Waals surface area contributed by atoms with Crippen LogP contribution in [0, 0.1) is 13.8 Å². The van der Waals surface area contributed by atoms with Gasteiger partial charge in [0.15, 0.2) is 0 Å². The number of hydrogen-bond donors (Lipinski definition) is 2. The van der Waals surface area contributed by atoms with Gasteiger partial charge in [0.05, 0.1) is 6.20 Å². The van der Waals surface area contributed by atoms with E-state index in [1.165, 1.54) is 0 Å². The van der Waals surface area contributed by atoms with Crippen molar-refractivity contribution in [1.29, 1.82) is 0 Å². The summed E-state index contributed by atoms with van der Waals surface area (Å²) >= 11 is 0. The Morgan fingerprint density at radius 3 is 2.77 bits per heavy atom. The molecule has 0 radical (unpaired) electrons. The molecule has 1 aromatic heterocycles. The highest BCUT2D eigenvalue weighted by Crippen LogP contribution is 2.16. The predicted molar refractivity (Wildman–Crippen MR) is 87.0 cm³/mol. The van der Waals surface area contributed by atoms with Crippen molar-refractivity contribution in [2.75, 3.05) is 13.2 Å². The van der Waals surface area contributed by atoms with Crippen molar-refractivity contribution < 1.29 is 9.84 Å². The molecule has 0 aliphatic heterocycles. The lowest BCUT2D eigenvalue weighted by Gasteiger charge is -2.17. The number of nitrogens with one attached hydrogen (secondary N) is 1. The van der Waals surface area contributed by atoms with Crippen molar-refractivity contribution in [3.8, 4) is 5.75 Å². The molecule has 2 unspecified atom stereocenters. The fourth-order valence-electron chi connectivity index (χ4n) is 2.32. The molecule has 2 rings (SSSR count). The highest BCUT2D eigenvalue weighted by molar-refractivity contribution is 5.27. The zero-order chi connectivity index (χ0) is 16.1. The molecule has 1 aromatic carbocycles. The Morgan fingerprint density at radius 1 is 1.36 bits per heavy atom. The molecular weight excluding hydrogens is 278 g/mol. The van der Waals surface area contributed by atoms with Gasteiger partial charge in [0.25, 0.3) is 0 Å². The standard InChI is InChI=1S/C17H25N3O2/c1-12-6-5-7-16(8-12)22-11-15(21)9-18-13(2)17-10-19-20(4)14(17)3/h5-8,10,13,15,18,21H,9,11H2,1-4H3. The van der Waals surface area contributed by atoms with Crippen LogP contribution >= 0.6 is 0 Å². The number of nitrogens with zero attached hydrogens (tertiary/aromatic N) is 2. The Morgan fingerprint density at radius 2 is 2.14 bits per heavy atom. The van der Waals surface area contributed by atoms with E-state index in [1.54, 1.807) is 0 Å². The maximum atomic E-state index is 10.0. The first-order chi connectivity index (χ1) is 10.5. The van der Waals surface area contributed by atoms with E-state index in [2.05, 4.69) is 17.3 Å². The lowest BCUT2D eigenvalue weighted by atomic mass is 10.1. The van der Waals surface area contributed by atoms with Crippen LogP contribution in [0.5, 0.6) is 5.75 Å². The molecule has 0 saturated carbocycles. The van der Waals surface area contributed by atoms with E-state index < -0.39 is 6.10 Å². The van der Waals surface area contributed by atoms with Gasteiger partial charge in [-0.3, -0.25) is 4.68 Å². The van der Waals surface area contributed by atoms with Gasteiger partial charge in [0.1, 0.15) is 18.5 Å². The lowest BCUT2D eigenvalue weighted by molar-refractivity contribution is 0.104. The Bertz CT molecular complexity index is 610. The second-order valence-electron chi connectivity index (χ2n) is 5.72. The molecule has 5 heteroatoms. The summed E-state index contributed by atoms with van der Waals surface area (Å²) in [7, 11) is 1.93. The minimum Gasteiger partial charge on any atom is -0.491 e. The van der Waals surface area contributed by atoms with Crippen LogP contribution < -0.4 is 10.1 Å². The third-order valence-electron chi connectivity index (χ3n) is 3.83. The molecule has 1 heterocycles. The Kier molecular flexibility index (Phi) is 5.57. The summed E-state index contributed by atoms with van der Waals surface area (Å²) in [5, 5.41) is 17.6. The summed E-state index contributed by atoms with van der Waals surface area (Å²) in [5.41, 5.74) is 3.42. The maximum absolute atomic E-state index is 10.0. The number of aromatic nitrogens is 2. The van der Waals surface area contributed by atoms with Crippen molar-refractivity contribution in [3.05, 3.63) is 47.3 Å². The average Bonchev–Trinajstić information content (AvgIpc) is 2.83. The second-order valence-corrected chi connectivity index (χ2v) is 5.72. The third kappa shape index (κ3) is 4.32. The van der Waals surface area contributed by atoms with Crippen molar-refractivity contribution in [1.82, 2.24) is 15.1 Å². The number of rotatable bonds is 7. The topological polar surface area (TPSA) is 59.3 Å². The molecule has 0 bridgehead atoms. The van der Waals surface area contributed by atoms with Crippen LogP contribution in [-0.4, -0.2) is 34.1 Å². The highest BCUT2D eigenvalue weighted by Gasteiger charge is 2.13. The molecule has 2 aromatic rings. The summed E-state index contributed by atoms with van der Waals surface area (Å²) in [6, 6.07) is 7.96. The van der Waals surface area contributed by atoms with Crippen LogP contribution in [0.1, 0.15) is 29.8 Å². The second kappa shape index (κ2) is 7.42. The van der Waals surface area contributed by atoms with Gasteiger partial charge in [-0.05, 0) is 38.5 Å². The zero-order valence-electron chi connectivity index (χ0n) is 13.7. The first-order valence-corrected chi connectivity index (χ1v) is 7.56. The Labute approximate surface area is 131 Å². The predicted octanol–water partition coefficient (Wildman–Crippen LogP) is 2.13. The number of aliphatic hydroxyl groups excluding tert-OH is 1. The normalized spacial score (nSPS) is 13.9. The van der Waals surface area contributed by atoms with Crippen LogP contribution in [0.2, 0.25) is 0 Å². The van der Waals surface area contributed by atoms with Gasteiger partial charge < -0.3 is 15.2 Å². The molecule has 0 aliphatic carbocycles. The smallest absolute Gasteiger partial charge is 0.119 e. The fourth-order valence-corrected chi connectivity index (χ4v) is 2.32. The highest BCUT2D eigenvalue weighted by atomic mass is 16.5. The molecule has 2 N–H and O–H groups in total. The number of hydrogen-bond acceptors (Lipinski definition) is 4. The maximum Gasteiger partial charge on any atom is 0.119 e. The zero-order valence-corrected chi connectivity index (χ0v) is 13.7. The van der Waals surface area contributed by atoms with Crippen LogP contribution in [-0.2, 0) is 7.05 Å². The average molecular weight is 303 g/mol. The Hall–Kier alpha value is -1.85. The molecule has 5 nitrogen and oxygen atoms in total. The minimum atomic E-state index is -0.556. The van der Waals surface area contributed by atoms with Gasteiger partial charge in [-0.15, -0.1) is 0 Å². The summed E-state index contributed by atoms with van der Waals surface area (Å²) in [6.07, 6.45) is 1.31.